The third kappa shape index (κ3) is 4.58. The molecule has 0 radical (unpaired) electrons. The summed E-state index contributed by atoms with van der Waals surface area (Å²) in [6.45, 7) is 3.85. The van der Waals surface area contributed by atoms with Gasteiger partial charge in [0.15, 0.2) is 0 Å². The molecule has 30 heavy (non-hydrogen) atoms. The molecule has 1 aliphatic rings. The number of ether oxygens (including phenoxy) is 2. The fourth-order valence-electron chi connectivity index (χ4n) is 2.96. The minimum atomic E-state index is -0.940. The number of hydrogen-bond acceptors (Lipinski definition) is 8. The van der Waals surface area contributed by atoms with Crippen LogP contribution in [0.25, 0.3) is 0 Å². The van der Waals surface area contributed by atoms with Gasteiger partial charge in [0.25, 0.3) is 11.4 Å². The maximum atomic E-state index is 12.4. The van der Waals surface area contributed by atoms with Crippen LogP contribution in [0.5, 0.6) is 5.75 Å². The monoisotopic (exact) mass is 431 g/mol. The van der Waals surface area contributed by atoms with Crippen molar-refractivity contribution >= 4 is 34.6 Å². The number of carbonyl (C=O) groups excluding carboxylic acids is 1. The quantitative estimate of drug-likeness (QED) is 0.231. The second-order valence-corrected chi connectivity index (χ2v) is 6.86. The highest BCUT2D eigenvalue weighted by Crippen LogP contribution is 2.30. The van der Waals surface area contributed by atoms with Gasteiger partial charge in [0.1, 0.15) is 16.3 Å². The molecule has 1 aliphatic heterocycles. The van der Waals surface area contributed by atoms with Crippen molar-refractivity contribution in [3.8, 4) is 5.75 Å². The Kier molecular flexibility index (Phi) is 6.33. The van der Waals surface area contributed by atoms with E-state index in [-0.39, 0.29) is 16.9 Å². The Hall–Kier alpha value is -3.44. The second-order valence-electron chi connectivity index (χ2n) is 6.47. The third-order valence-corrected chi connectivity index (χ3v) is 5.09. The highest BCUT2D eigenvalue weighted by molar-refractivity contribution is 7.80. The molecule has 2 aromatic rings. The largest absolute Gasteiger partial charge is 0.423 e. The van der Waals surface area contributed by atoms with Gasteiger partial charge in [-0.1, -0.05) is 12.2 Å². The first kappa shape index (κ1) is 21.3. The minimum absolute atomic E-state index is 0.137. The molecule has 0 aromatic heterocycles. The van der Waals surface area contributed by atoms with E-state index in [0.29, 0.717) is 31.3 Å². The van der Waals surface area contributed by atoms with Crippen LogP contribution in [-0.4, -0.2) is 52.0 Å². The molecule has 0 unspecified atom stereocenters. The number of esters is 1. The summed E-state index contributed by atoms with van der Waals surface area (Å²) in [4.78, 5) is 35.9. The molecule has 0 bridgehead atoms. The van der Waals surface area contributed by atoms with Gasteiger partial charge in [-0.3, -0.25) is 20.2 Å². The van der Waals surface area contributed by atoms with E-state index in [1.54, 1.807) is 12.1 Å². The molecule has 3 rings (SSSR count). The van der Waals surface area contributed by atoms with Gasteiger partial charge < -0.3 is 14.4 Å². The second kappa shape index (κ2) is 8.93. The van der Waals surface area contributed by atoms with E-state index in [1.807, 2.05) is 4.90 Å². The Morgan fingerprint density at radius 3 is 2.07 bits per heavy atom. The SMILES string of the molecule is Cc1c([N+](=O)[O-])cc(C(=O)Oc2ccc(C(=S)N3CCOCC3)cc2)cc1[N+](=O)[O-]. The molecule has 11 heteroatoms. The summed E-state index contributed by atoms with van der Waals surface area (Å²) in [6.07, 6.45) is 0. The van der Waals surface area contributed by atoms with Crippen molar-refractivity contribution < 1.29 is 24.1 Å². The summed E-state index contributed by atoms with van der Waals surface area (Å²) >= 11 is 5.47. The molecule has 10 nitrogen and oxygen atoms in total. The number of hydrogen-bond donors (Lipinski definition) is 0. The lowest BCUT2D eigenvalue weighted by Crippen LogP contribution is -2.40. The zero-order valence-electron chi connectivity index (χ0n) is 15.9. The predicted octanol–water partition coefficient (Wildman–Crippen LogP) is 3.04. The van der Waals surface area contributed by atoms with E-state index in [0.717, 1.165) is 17.7 Å². The van der Waals surface area contributed by atoms with Gasteiger partial charge >= 0.3 is 5.97 Å². The molecular formula is C19H17N3O7S. The van der Waals surface area contributed by atoms with Crippen LogP contribution in [0.3, 0.4) is 0 Å². The smallest absolute Gasteiger partial charge is 0.344 e. The number of nitro groups is 2. The van der Waals surface area contributed by atoms with Crippen molar-refractivity contribution in [2.75, 3.05) is 26.3 Å². The van der Waals surface area contributed by atoms with Gasteiger partial charge in [-0.2, -0.15) is 0 Å². The van der Waals surface area contributed by atoms with E-state index in [9.17, 15) is 25.0 Å². The normalized spacial score (nSPS) is 13.6. The lowest BCUT2D eigenvalue weighted by Gasteiger charge is -2.29. The van der Waals surface area contributed by atoms with Crippen molar-refractivity contribution in [2.24, 2.45) is 0 Å². The van der Waals surface area contributed by atoms with Crippen LogP contribution < -0.4 is 4.74 Å². The molecule has 0 amide bonds. The first-order chi connectivity index (χ1) is 14.3. The van der Waals surface area contributed by atoms with Gasteiger partial charge in [-0.05, 0) is 31.2 Å². The summed E-state index contributed by atoms with van der Waals surface area (Å²) in [7, 11) is 0. The number of nitrogens with zero attached hydrogens (tertiary/aromatic N) is 3. The summed E-state index contributed by atoms with van der Waals surface area (Å²) in [5.41, 5.74) is -0.701. The minimum Gasteiger partial charge on any atom is -0.423 e. The number of rotatable bonds is 5. The van der Waals surface area contributed by atoms with Crippen LogP contribution >= 0.6 is 12.2 Å². The number of thiocarbonyl (C=S) groups is 1. The average Bonchev–Trinajstić information content (AvgIpc) is 2.74. The number of benzene rings is 2. The molecule has 0 N–H and O–H groups in total. The first-order valence-electron chi connectivity index (χ1n) is 8.90. The first-order valence-corrected chi connectivity index (χ1v) is 9.31. The number of carbonyl (C=O) groups is 1. The van der Waals surface area contributed by atoms with E-state index >= 15 is 0 Å². The van der Waals surface area contributed by atoms with E-state index in [1.165, 1.54) is 19.1 Å². The van der Waals surface area contributed by atoms with Crippen molar-refractivity contribution in [3.05, 3.63) is 73.3 Å². The lowest BCUT2D eigenvalue weighted by molar-refractivity contribution is -0.395. The molecule has 1 heterocycles. The zero-order chi connectivity index (χ0) is 21.8. The van der Waals surface area contributed by atoms with Crippen molar-refractivity contribution in [3.63, 3.8) is 0 Å². The Morgan fingerprint density at radius 2 is 1.57 bits per heavy atom. The van der Waals surface area contributed by atoms with E-state index < -0.39 is 27.2 Å². The lowest BCUT2D eigenvalue weighted by atomic mass is 10.1. The molecule has 2 aromatic carbocycles. The Labute approximate surface area is 176 Å². The molecule has 0 saturated carbocycles. The molecule has 156 valence electrons. The molecular weight excluding hydrogens is 414 g/mol. The van der Waals surface area contributed by atoms with Crippen molar-refractivity contribution in [1.29, 1.82) is 0 Å². The average molecular weight is 431 g/mol. The summed E-state index contributed by atoms with van der Waals surface area (Å²) in [6, 6.07) is 8.40. The highest BCUT2D eigenvalue weighted by Gasteiger charge is 2.26. The highest BCUT2D eigenvalue weighted by atomic mass is 32.1. The maximum absolute atomic E-state index is 12.4. The summed E-state index contributed by atoms with van der Waals surface area (Å²) in [5, 5.41) is 22.3. The van der Waals surface area contributed by atoms with Gasteiger partial charge in [-0.25, -0.2) is 4.79 Å². The van der Waals surface area contributed by atoms with Crippen LogP contribution in [0.2, 0.25) is 0 Å². The van der Waals surface area contributed by atoms with E-state index in [4.69, 9.17) is 21.7 Å². The molecule has 1 fully saturated rings. The zero-order valence-corrected chi connectivity index (χ0v) is 16.7. The van der Waals surface area contributed by atoms with Crippen LogP contribution in [0, 0.1) is 27.2 Å². The van der Waals surface area contributed by atoms with Crippen molar-refractivity contribution in [1.82, 2.24) is 4.90 Å². The van der Waals surface area contributed by atoms with Crippen LogP contribution in [0.1, 0.15) is 21.5 Å². The maximum Gasteiger partial charge on any atom is 0.344 e. The number of nitro benzene ring substituents is 2. The fourth-order valence-corrected chi connectivity index (χ4v) is 3.28. The Balaban J connectivity index is 1.78. The Bertz CT molecular complexity index is 982. The molecule has 0 atom stereocenters. The van der Waals surface area contributed by atoms with Gasteiger partial charge in [0.05, 0.1) is 28.6 Å². The van der Waals surface area contributed by atoms with Crippen LogP contribution in [0.15, 0.2) is 36.4 Å². The Morgan fingerprint density at radius 1 is 1.03 bits per heavy atom. The summed E-state index contributed by atoms with van der Waals surface area (Å²) in [5.74, 6) is -0.760. The van der Waals surface area contributed by atoms with Gasteiger partial charge in [0, 0.05) is 30.8 Å². The molecule has 0 spiro atoms. The van der Waals surface area contributed by atoms with E-state index in [2.05, 4.69) is 0 Å². The van der Waals surface area contributed by atoms with Gasteiger partial charge in [0.2, 0.25) is 0 Å². The molecule has 0 aliphatic carbocycles. The summed E-state index contributed by atoms with van der Waals surface area (Å²) < 4.78 is 10.5. The standard InChI is InChI=1S/C19H17N3O7S/c1-12-16(21(24)25)10-14(11-17(12)22(26)27)19(23)29-15-4-2-13(3-5-15)18(30)20-6-8-28-9-7-20/h2-5,10-11H,6-9H2,1H3. The third-order valence-electron chi connectivity index (χ3n) is 4.59. The predicted molar refractivity (Wildman–Crippen MR) is 110 cm³/mol. The van der Waals surface area contributed by atoms with Gasteiger partial charge in [-0.15, -0.1) is 0 Å². The fraction of sp³-hybridized carbons (Fsp3) is 0.263. The van der Waals surface area contributed by atoms with Crippen LogP contribution in [-0.2, 0) is 4.74 Å². The van der Waals surface area contributed by atoms with Crippen LogP contribution in [0.4, 0.5) is 11.4 Å². The topological polar surface area (TPSA) is 125 Å². The number of morpholine rings is 1. The molecule has 1 saturated heterocycles. The van der Waals surface area contributed by atoms with Crippen molar-refractivity contribution in [2.45, 2.75) is 6.92 Å².